The van der Waals surface area contributed by atoms with Gasteiger partial charge in [0, 0.05) is 0 Å². The molecule has 1 heterocycles. The van der Waals surface area contributed by atoms with Crippen molar-refractivity contribution in [3.63, 3.8) is 0 Å². The molecule has 1 unspecified atom stereocenters. The van der Waals surface area contributed by atoms with Gasteiger partial charge in [-0.1, -0.05) is 36.4 Å². The van der Waals surface area contributed by atoms with Crippen LogP contribution in [0, 0.1) is 0 Å². The molecule has 0 bridgehead atoms. The molecule has 0 aromatic heterocycles. The van der Waals surface area contributed by atoms with Gasteiger partial charge in [-0.2, -0.15) is 13.1 Å². The number of rotatable bonds is 6. The van der Waals surface area contributed by atoms with Crippen molar-refractivity contribution in [1.82, 2.24) is 4.72 Å². The summed E-state index contributed by atoms with van der Waals surface area (Å²) in [4.78, 5) is 10.8. The molecule has 2 aromatic carbocycles. The molecular weight excluding hydrogens is 340 g/mol. The Morgan fingerprint density at radius 1 is 1.12 bits per heavy atom. The van der Waals surface area contributed by atoms with Gasteiger partial charge in [-0.25, -0.2) is 0 Å². The summed E-state index contributed by atoms with van der Waals surface area (Å²) in [6.07, 6.45) is 3.20. The van der Waals surface area contributed by atoms with Crippen LogP contribution in [-0.2, 0) is 27.8 Å². The first-order chi connectivity index (χ1) is 12.0. The van der Waals surface area contributed by atoms with Gasteiger partial charge in [0.05, 0.1) is 18.3 Å². The molecule has 1 aliphatic rings. The lowest BCUT2D eigenvalue weighted by molar-refractivity contribution is -0.108. The molecule has 132 valence electrons. The molecule has 2 N–H and O–H groups in total. The molecule has 0 saturated carbocycles. The Labute approximate surface area is 147 Å². The summed E-state index contributed by atoms with van der Waals surface area (Å²) in [6, 6.07) is 14.3. The highest BCUT2D eigenvalue weighted by Crippen LogP contribution is 2.32. The third kappa shape index (κ3) is 4.00. The maximum atomic E-state index is 12.0. The fourth-order valence-corrected chi connectivity index (χ4v) is 4.35. The minimum Gasteiger partial charge on any atom is -0.506 e. The number of aromatic hydroxyl groups is 1. The smallest absolute Gasteiger partial charge is 0.302 e. The third-order valence-corrected chi connectivity index (χ3v) is 5.73. The van der Waals surface area contributed by atoms with Crippen LogP contribution >= 0.6 is 0 Å². The number of benzene rings is 2. The van der Waals surface area contributed by atoms with Crippen LogP contribution in [0.1, 0.15) is 17.5 Å². The number of phenolic OH excluding ortho intramolecular Hbond substituents is 1. The third-order valence-electron chi connectivity index (χ3n) is 4.20. The zero-order chi connectivity index (χ0) is 17.9. The Morgan fingerprint density at radius 3 is 2.48 bits per heavy atom. The van der Waals surface area contributed by atoms with Crippen LogP contribution in [0.4, 0.5) is 5.69 Å². The predicted octanol–water partition coefficient (Wildman–Crippen LogP) is 1.79. The number of nitrogens with one attached hydrogen (secondary N) is 1. The molecule has 7 heteroatoms. The molecule has 0 amide bonds. The van der Waals surface area contributed by atoms with E-state index >= 15 is 0 Å². The molecule has 1 atom stereocenters. The normalized spacial score (nSPS) is 19.0. The van der Waals surface area contributed by atoms with E-state index in [2.05, 4.69) is 16.9 Å². The summed E-state index contributed by atoms with van der Waals surface area (Å²) in [5.41, 5.74) is 2.38. The van der Waals surface area contributed by atoms with E-state index < -0.39 is 16.3 Å². The van der Waals surface area contributed by atoms with E-state index in [1.165, 1.54) is 5.56 Å². The van der Waals surface area contributed by atoms with E-state index in [0.29, 0.717) is 6.29 Å². The topological polar surface area (TPSA) is 86.7 Å². The van der Waals surface area contributed by atoms with Gasteiger partial charge in [0.1, 0.15) is 12.0 Å². The Balaban J connectivity index is 1.68. The zero-order valence-electron chi connectivity index (χ0n) is 13.6. The molecule has 0 aliphatic carbocycles. The largest absolute Gasteiger partial charge is 0.506 e. The fourth-order valence-electron chi connectivity index (χ4n) is 2.94. The van der Waals surface area contributed by atoms with Crippen LogP contribution in [0.25, 0.3) is 0 Å². The second-order valence-electron chi connectivity index (χ2n) is 6.06. The summed E-state index contributed by atoms with van der Waals surface area (Å²) in [5.74, 6) is -0.103. The summed E-state index contributed by atoms with van der Waals surface area (Å²) < 4.78 is 27.3. The number of hydrogen-bond acceptors (Lipinski definition) is 4. The highest BCUT2D eigenvalue weighted by Gasteiger charge is 2.36. The van der Waals surface area contributed by atoms with Gasteiger partial charge in [-0.3, -0.25) is 4.31 Å². The lowest BCUT2D eigenvalue weighted by atomic mass is 10.0. The van der Waals surface area contributed by atoms with Crippen LogP contribution in [0.5, 0.6) is 5.75 Å². The molecule has 1 fully saturated rings. The number of phenols is 1. The Morgan fingerprint density at radius 2 is 1.84 bits per heavy atom. The van der Waals surface area contributed by atoms with Gasteiger partial charge < -0.3 is 9.90 Å². The van der Waals surface area contributed by atoms with Crippen LogP contribution in [0.2, 0.25) is 0 Å². The summed E-state index contributed by atoms with van der Waals surface area (Å²) in [7, 11) is -3.80. The highest BCUT2D eigenvalue weighted by atomic mass is 32.2. The van der Waals surface area contributed by atoms with Crippen LogP contribution in [0.15, 0.2) is 48.5 Å². The summed E-state index contributed by atoms with van der Waals surface area (Å²) >= 11 is 0. The van der Waals surface area contributed by atoms with E-state index in [1.807, 2.05) is 24.3 Å². The van der Waals surface area contributed by atoms with Crippen LogP contribution in [-0.4, -0.2) is 32.4 Å². The summed E-state index contributed by atoms with van der Waals surface area (Å²) in [6.45, 7) is -0.0211. The quantitative estimate of drug-likeness (QED) is 0.769. The maximum absolute atomic E-state index is 12.0. The van der Waals surface area contributed by atoms with Crippen molar-refractivity contribution in [2.24, 2.45) is 0 Å². The van der Waals surface area contributed by atoms with Gasteiger partial charge in [-0.15, -0.1) is 0 Å². The van der Waals surface area contributed by atoms with Gasteiger partial charge in [0.25, 0.3) is 0 Å². The van der Waals surface area contributed by atoms with E-state index in [1.54, 1.807) is 12.1 Å². The number of nitrogens with zero attached hydrogens (tertiary/aromatic N) is 1. The molecule has 25 heavy (non-hydrogen) atoms. The van der Waals surface area contributed by atoms with Gasteiger partial charge >= 0.3 is 10.2 Å². The number of aldehydes is 1. The number of anilines is 1. The lowest BCUT2D eigenvalue weighted by Crippen LogP contribution is -2.30. The average molecular weight is 360 g/mol. The van der Waals surface area contributed by atoms with Crippen molar-refractivity contribution in [3.05, 3.63) is 59.7 Å². The van der Waals surface area contributed by atoms with E-state index in [-0.39, 0.29) is 18.0 Å². The Bertz CT molecular complexity index is 853. The number of carbonyl (C=O) groups excluding carboxylic acids is 1. The van der Waals surface area contributed by atoms with Crippen molar-refractivity contribution in [2.75, 3.05) is 10.8 Å². The Kier molecular flexibility index (Phi) is 5.06. The summed E-state index contributed by atoms with van der Waals surface area (Å²) in [5, 5.41) is 10.2. The zero-order valence-corrected chi connectivity index (χ0v) is 14.4. The van der Waals surface area contributed by atoms with E-state index in [4.69, 9.17) is 0 Å². The Hall–Kier alpha value is -2.38. The maximum Gasteiger partial charge on any atom is 0.302 e. The minimum atomic E-state index is -3.80. The second kappa shape index (κ2) is 7.25. The van der Waals surface area contributed by atoms with E-state index in [0.717, 1.165) is 29.1 Å². The molecule has 3 rings (SSSR count). The van der Waals surface area contributed by atoms with Crippen molar-refractivity contribution >= 4 is 22.2 Å². The molecule has 0 spiro atoms. The fraction of sp³-hybridized carbons (Fsp3) is 0.278. The number of carbonyl (C=O) groups is 1. The molecule has 2 aromatic rings. The van der Waals surface area contributed by atoms with Crippen LogP contribution < -0.4 is 9.03 Å². The molecule has 6 nitrogen and oxygen atoms in total. The van der Waals surface area contributed by atoms with Gasteiger partial charge in [-0.05, 0) is 42.5 Å². The first kappa shape index (κ1) is 17.4. The lowest BCUT2D eigenvalue weighted by Gasteiger charge is -2.17. The number of hydrogen-bond donors (Lipinski definition) is 2. The number of aryl methyl sites for hydroxylation is 2. The first-order valence-corrected chi connectivity index (χ1v) is 9.55. The SMILES string of the molecule is O=CC1CN(c2ccc(CCCc3ccccc3)cc2O)S(=O)(=O)N1. The van der Waals surface area contributed by atoms with Gasteiger partial charge in [0.15, 0.2) is 0 Å². The van der Waals surface area contributed by atoms with Crippen molar-refractivity contribution in [2.45, 2.75) is 25.3 Å². The monoisotopic (exact) mass is 360 g/mol. The van der Waals surface area contributed by atoms with Crippen molar-refractivity contribution in [1.29, 1.82) is 0 Å². The average Bonchev–Trinajstić information content (AvgIpc) is 2.91. The molecular formula is C18H20N2O4S. The standard InChI is InChI=1S/C18H20N2O4S/c21-13-16-12-20(25(23,24)19-16)17-10-9-15(11-18(17)22)8-4-7-14-5-2-1-3-6-14/h1-3,5-6,9-11,13,16,19,22H,4,7-8,12H2. The minimum absolute atomic E-state index is 0.0211. The molecule has 0 radical (unpaired) electrons. The molecule has 1 aliphatic heterocycles. The van der Waals surface area contributed by atoms with Gasteiger partial charge in [0.2, 0.25) is 0 Å². The van der Waals surface area contributed by atoms with Crippen molar-refractivity contribution in [3.8, 4) is 5.75 Å². The van der Waals surface area contributed by atoms with E-state index in [9.17, 15) is 18.3 Å². The first-order valence-electron chi connectivity index (χ1n) is 8.11. The second-order valence-corrected chi connectivity index (χ2v) is 7.69. The predicted molar refractivity (Wildman–Crippen MR) is 95.8 cm³/mol. The highest BCUT2D eigenvalue weighted by molar-refractivity contribution is 7.91. The van der Waals surface area contributed by atoms with Crippen LogP contribution in [0.3, 0.4) is 0 Å². The van der Waals surface area contributed by atoms with Crippen molar-refractivity contribution < 1.29 is 18.3 Å². The molecule has 1 saturated heterocycles.